The van der Waals surface area contributed by atoms with Crippen LogP contribution in [0.25, 0.3) is 0 Å². The summed E-state index contributed by atoms with van der Waals surface area (Å²) >= 11 is 0. The van der Waals surface area contributed by atoms with E-state index in [4.69, 9.17) is 0 Å². The lowest BCUT2D eigenvalue weighted by molar-refractivity contribution is 0.493. The van der Waals surface area contributed by atoms with E-state index in [9.17, 15) is 0 Å². The molecule has 2 rings (SSSR count). The molecule has 1 heterocycles. The zero-order valence-corrected chi connectivity index (χ0v) is 7.51. The molecule has 2 N–H and O–H groups in total. The van der Waals surface area contributed by atoms with Gasteiger partial charge in [-0.05, 0) is 37.8 Å². The average Bonchev–Trinajstić information content (AvgIpc) is 2.80. The number of H-pyrrole nitrogens is 1. The SMILES string of the molecule is CC(NCc1ccc[nH]1)C1CC1. The zero-order valence-electron chi connectivity index (χ0n) is 7.51. The monoisotopic (exact) mass is 164 g/mol. The van der Waals surface area contributed by atoms with Gasteiger partial charge in [-0.3, -0.25) is 0 Å². The van der Waals surface area contributed by atoms with Crippen LogP contribution in [-0.2, 0) is 6.54 Å². The van der Waals surface area contributed by atoms with Gasteiger partial charge in [-0.2, -0.15) is 0 Å². The first kappa shape index (κ1) is 7.87. The van der Waals surface area contributed by atoms with Crippen LogP contribution in [0.15, 0.2) is 18.3 Å². The summed E-state index contributed by atoms with van der Waals surface area (Å²) in [5, 5.41) is 3.52. The largest absolute Gasteiger partial charge is 0.364 e. The van der Waals surface area contributed by atoms with Gasteiger partial charge in [0.1, 0.15) is 0 Å². The van der Waals surface area contributed by atoms with Crippen molar-refractivity contribution in [2.24, 2.45) is 5.92 Å². The molecule has 2 heteroatoms. The minimum atomic E-state index is 0.688. The Hall–Kier alpha value is -0.760. The Balaban J connectivity index is 1.74. The fraction of sp³-hybridized carbons (Fsp3) is 0.600. The smallest absolute Gasteiger partial charge is 0.0359 e. The third-order valence-electron chi connectivity index (χ3n) is 2.61. The first-order valence-corrected chi connectivity index (χ1v) is 4.72. The zero-order chi connectivity index (χ0) is 8.39. The molecule has 1 fully saturated rings. The van der Waals surface area contributed by atoms with Crippen LogP contribution >= 0.6 is 0 Å². The second-order valence-electron chi connectivity index (χ2n) is 3.70. The van der Waals surface area contributed by atoms with Crippen LogP contribution in [0.3, 0.4) is 0 Å². The summed E-state index contributed by atoms with van der Waals surface area (Å²) in [5.74, 6) is 0.944. The maximum atomic E-state index is 3.52. The highest BCUT2D eigenvalue weighted by Crippen LogP contribution is 2.32. The maximum Gasteiger partial charge on any atom is 0.0359 e. The van der Waals surface area contributed by atoms with Gasteiger partial charge in [0.15, 0.2) is 0 Å². The molecular formula is C10H16N2. The Kier molecular flexibility index (Phi) is 2.17. The van der Waals surface area contributed by atoms with Crippen molar-refractivity contribution in [3.05, 3.63) is 24.0 Å². The van der Waals surface area contributed by atoms with E-state index in [2.05, 4.69) is 23.3 Å². The first-order chi connectivity index (χ1) is 5.86. The highest BCUT2D eigenvalue weighted by molar-refractivity contribution is 5.03. The van der Waals surface area contributed by atoms with Gasteiger partial charge in [-0.15, -0.1) is 0 Å². The van der Waals surface area contributed by atoms with Crippen LogP contribution in [0.4, 0.5) is 0 Å². The molecule has 0 radical (unpaired) electrons. The van der Waals surface area contributed by atoms with Crippen LogP contribution in [0.5, 0.6) is 0 Å². The van der Waals surface area contributed by atoms with E-state index >= 15 is 0 Å². The second-order valence-corrected chi connectivity index (χ2v) is 3.70. The van der Waals surface area contributed by atoms with Crippen molar-refractivity contribution in [3.63, 3.8) is 0 Å². The van der Waals surface area contributed by atoms with Crippen molar-refractivity contribution in [3.8, 4) is 0 Å². The molecule has 66 valence electrons. The number of aromatic amines is 1. The Morgan fingerprint density at radius 1 is 1.67 bits per heavy atom. The van der Waals surface area contributed by atoms with Crippen molar-refractivity contribution in [1.82, 2.24) is 10.3 Å². The van der Waals surface area contributed by atoms with E-state index in [0.717, 1.165) is 12.5 Å². The predicted molar refractivity (Wildman–Crippen MR) is 49.8 cm³/mol. The van der Waals surface area contributed by atoms with Crippen LogP contribution in [-0.4, -0.2) is 11.0 Å². The molecule has 1 aliphatic rings. The predicted octanol–water partition coefficient (Wildman–Crippen LogP) is 1.90. The number of nitrogens with one attached hydrogen (secondary N) is 2. The van der Waals surface area contributed by atoms with Crippen molar-refractivity contribution in [2.45, 2.75) is 32.4 Å². The van der Waals surface area contributed by atoms with E-state index in [1.807, 2.05) is 12.3 Å². The molecule has 2 nitrogen and oxygen atoms in total. The Bertz CT molecular complexity index is 224. The van der Waals surface area contributed by atoms with E-state index in [1.165, 1.54) is 18.5 Å². The quantitative estimate of drug-likeness (QED) is 0.699. The minimum absolute atomic E-state index is 0.688. The Morgan fingerprint density at radius 2 is 2.50 bits per heavy atom. The van der Waals surface area contributed by atoms with Crippen molar-refractivity contribution >= 4 is 0 Å². The van der Waals surface area contributed by atoms with Crippen molar-refractivity contribution in [1.29, 1.82) is 0 Å². The lowest BCUT2D eigenvalue weighted by Gasteiger charge is -2.11. The average molecular weight is 164 g/mol. The van der Waals surface area contributed by atoms with E-state index in [-0.39, 0.29) is 0 Å². The van der Waals surface area contributed by atoms with Gasteiger partial charge in [-0.1, -0.05) is 0 Å². The molecule has 1 atom stereocenters. The lowest BCUT2D eigenvalue weighted by atomic mass is 10.2. The van der Waals surface area contributed by atoms with Gasteiger partial charge < -0.3 is 10.3 Å². The third-order valence-corrected chi connectivity index (χ3v) is 2.61. The third kappa shape index (κ3) is 1.89. The van der Waals surface area contributed by atoms with Gasteiger partial charge in [0, 0.05) is 24.5 Å². The molecular weight excluding hydrogens is 148 g/mol. The van der Waals surface area contributed by atoms with E-state index < -0.39 is 0 Å². The summed E-state index contributed by atoms with van der Waals surface area (Å²) in [6.45, 7) is 3.26. The molecule has 1 aromatic rings. The second kappa shape index (κ2) is 3.31. The fourth-order valence-corrected chi connectivity index (χ4v) is 1.51. The standard InChI is InChI=1S/C10H16N2/c1-8(9-4-5-9)12-7-10-3-2-6-11-10/h2-3,6,8-9,11-12H,4-5,7H2,1H3. The number of rotatable bonds is 4. The summed E-state index contributed by atoms with van der Waals surface area (Å²) in [6, 6.07) is 4.85. The highest BCUT2D eigenvalue weighted by atomic mass is 14.9. The number of aromatic nitrogens is 1. The van der Waals surface area contributed by atoms with Crippen LogP contribution < -0.4 is 5.32 Å². The minimum Gasteiger partial charge on any atom is -0.364 e. The molecule has 0 bridgehead atoms. The van der Waals surface area contributed by atoms with Gasteiger partial charge in [0.05, 0.1) is 0 Å². The summed E-state index contributed by atoms with van der Waals surface area (Å²) in [5.41, 5.74) is 1.28. The van der Waals surface area contributed by atoms with Crippen molar-refractivity contribution in [2.75, 3.05) is 0 Å². The lowest BCUT2D eigenvalue weighted by Crippen LogP contribution is -2.27. The van der Waals surface area contributed by atoms with E-state index in [0.29, 0.717) is 6.04 Å². The first-order valence-electron chi connectivity index (χ1n) is 4.72. The van der Waals surface area contributed by atoms with Crippen LogP contribution in [0.2, 0.25) is 0 Å². The molecule has 0 amide bonds. The van der Waals surface area contributed by atoms with Gasteiger partial charge in [0.25, 0.3) is 0 Å². The number of hydrogen-bond donors (Lipinski definition) is 2. The normalized spacial score (nSPS) is 19.4. The fourth-order valence-electron chi connectivity index (χ4n) is 1.51. The molecule has 0 saturated heterocycles. The van der Waals surface area contributed by atoms with Crippen LogP contribution in [0.1, 0.15) is 25.5 Å². The van der Waals surface area contributed by atoms with E-state index in [1.54, 1.807) is 0 Å². The topological polar surface area (TPSA) is 27.8 Å². The molecule has 1 unspecified atom stereocenters. The summed E-state index contributed by atoms with van der Waals surface area (Å²) < 4.78 is 0. The Morgan fingerprint density at radius 3 is 3.08 bits per heavy atom. The van der Waals surface area contributed by atoms with Gasteiger partial charge in [-0.25, -0.2) is 0 Å². The van der Waals surface area contributed by atoms with Crippen molar-refractivity contribution < 1.29 is 0 Å². The molecule has 1 aliphatic carbocycles. The van der Waals surface area contributed by atoms with Gasteiger partial charge in [0.2, 0.25) is 0 Å². The summed E-state index contributed by atoms with van der Waals surface area (Å²) in [4.78, 5) is 3.19. The molecule has 0 aromatic carbocycles. The summed E-state index contributed by atoms with van der Waals surface area (Å²) in [6.07, 6.45) is 4.80. The number of hydrogen-bond acceptors (Lipinski definition) is 1. The Labute approximate surface area is 73.4 Å². The van der Waals surface area contributed by atoms with Gasteiger partial charge >= 0.3 is 0 Å². The molecule has 1 saturated carbocycles. The molecule has 12 heavy (non-hydrogen) atoms. The summed E-state index contributed by atoms with van der Waals surface area (Å²) in [7, 11) is 0. The molecule has 0 aliphatic heterocycles. The molecule has 1 aromatic heterocycles. The highest BCUT2D eigenvalue weighted by Gasteiger charge is 2.27. The molecule has 0 spiro atoms. The maximum absolute atomic E-state index is 3.52. The van der Waals surface area contributed by atoms with Crippen LogP contribution in [0, 0.1) is 5.92 Å².